The van der Waals surface area contributed by atoms with Crippen molar-refractivity contribution < 1.29 is 4.79 Å². The fraction of sp³-hybridized carbons (Fsp3) is 0.500. The average molecular weight is 448 g/mol. The van der Waals surface area contributed by atoms with E-state index in [4.69, 9.17) is 5.73 Å². The van der Waals surface area contributed by atoms with Crippen molar-refractivity contribution in [1.82, 2.24) is 10.6 Å². The molecule has 1 fully saturated rings. The number of nitrogens with zero attached hydrogens (tertiary/aromatic N) is 1. The van der Waals surface area contributed by atoms with Crippen LogP contribution < -0.4 is 16.4 Å². The highest BCUT2D eigenvalue weighted by atomic mass is 127. The predicted molar refractivity (Wildman–Crippen MR) is 109 cm³/mol. The van der Waals surface area contributed by atoms with Gasteiger partial charge in [-0.3, -0.25) is 4.79 Å². The third-order valence-corrected chi connectivity index (χ3v) is 4.89. The van der Waals surface area contributed by atoms with Crippen molar-refractivity contribution in [3.05, 3.63) is 35.4 Å². The molecular weight excluding hydrogens is 423 g/mol. The van der Waals surface area contributed by atoms with Gasteiger partial charge < -0.3 is 16.4 Å². The van der Waals surface area contributed by atoms with Gasteiger partial charge in [0.15, 0.2) is 5.96 Å². The summed E-state index contributed by atoms with van der Waals surface area (Å²) in [5.74, 6) is 1.67. The van der Waals surface area contributed by atoms with Gasteiger partial charge in [-0.1, -0.05) is 12.1 Å². The minimum absolute atomic E-state index is 0. The molecule has 1 aliphatic heterocycles. The van der Waals surface area contributed by atoms with Crippen LogP contribution in [-0.4, -0.2) is 36.0 Å². The van der Waals surface area contributed by atoms with Crippen LogP contribution in [0.2, 0.25) is 0 Å². The number of amides is 1. The summed E-state index contributed by atoms with van der Waals surface area (Å²) in [7, 11) is 0. The van der Waals surface area contributed by atoms with Crippen LogP contribution in [0, 0.1) is 0 Å². The lowest BCUT2D eigenvalue weighted by Gasteiger charge is -2.14. The Morgan fingerprint density at radius 1 is 1.43 bits per heavy atom. The molecule has 1 heterocycles. The lowest BCUT2D eigenvalue weighted by molar-refractivity contribution is 0.1000. The molecule has 1 unspecified atom stereocenters. The SMILES string of the molecule is CCNC(=NCc1cccc(C(N)=O)c1)NCC1CCCS1.I. The van der Waals surface area contributed by atoms with Gasteiger partial charge in [-0.2, -0.15) is 11.8 Å². The van der Waals surface area contributed by atoms with E-state index in [-0.39, 0.29) is 24.0 Å². The molecule has 0 radical (unpaired) electrons. The minimum Gasteiger partial charge on any atom is -0.366 e. The molecule has 0 bridgehead atoms. The molecule has 1 aliphatic rings. The average Bonchev–Trinajstić information content (AvgIpc) is 3.03. The van der Waals surface area contributed by atoms with Crippen molar-refractivity contribution in [2.75, 3.05) is 18.8 Å². The van der Waals surface area contributed by atoms with Crippen molar-refractivity contribution in [3.63, 3.8) is 0 Å². The number of thioether (sulfide) groups is 1. The van der Waals surface area contributed by atoms with Crippen molar-refractivity contribution in [3.8, 4) is 0 Å². The van der Waals surface area contributed by atoms with Crippen LogP contribution in [0.4, 0.5) is 0 Å². The van der Waals surface area contributed by atoms with E-state index in [1.165, 1.54) is 18.6 Å². The first-order valence-corrected chi connectivity index (χ1v) is 8.76. The highest BCUT2D eigenvalue weighted by Gasteiger charge is 2.15. The maximum Gasteiger partial charge on any atom is 0.248 e. The summed E-state index contributed by atoms with van der Waals surface area (Å²) in [4.78, 5) is 15.8. The Balaban J connectivity index is 0.00000264. The zero-order valence-corrected chi connectivity index (χ0v) is 16.5. The Bertz CT molecular complexity index is 533. The Morgan fingerprint density at radius 3 is 2.91 bits per heavy atom. The van der Waals surface area contributed by atoms with Gasteiger partial charge in [0.2, 0.25) is 5.91 Å². The van der Waals surface area contributed by atoms with Crippen LogP contribution >= 0.6 is 35.7 Å². The molecule has 1 saturated heterocycles. The maximum atomic E-state index is 11.2. The van der Waals surface area contributed by atoms with Gasteiger partial charge >= 0.3 is 0 Å². The van der Waals surface area contributed by atoms with E-state index in [9.17, 15) is 4.79 Å². The van der Waals surface area contributed by atoms with E-state index in [0.717, 1.165) is 24.6 Å². The van der Waals surface area contributed by atoms with Crippen LogP contribution in [0.25, 0.3) is 0 Å². The van der Waals surface area contributed by atoms with Gasteiger partial charge in [0, 0.05) is 23.9 Å². The maximum absolute atomic E-state index is 11.2. The highest BCUT2D eigenvalue weighted by molar-refractivity contribution is 14.0. The van der Waals surface area contributed by atoms with Gasteiger partial charge in [0.1, 0.15) is 0 Å². The Kier molecular flexibility index (Phi) is 9.39. The number of halogens is 1. The summed E-state index contributed by atoms with van der Waals surface area (Å²) < 4.78 is 0. The summed E-state index contributed by atoms with van der Waals surface area (Å²) in [5, 5.41) is 7.33. The van der Waals surface area contributed by atoms with Crippen LogP contribution in [0.5, 0.6) is 0 Å². The van der Waals surface area contributed by atoms with Gasteiger partial charge in [-0.15, -0.1) is 24.0 Å². The molecule has 5 nitrogen and oxygen atoms in total. The Labute approximate surface area is 159 Å². The van der Waals surface area contributed by atoms with Crippen LogP contribution in [-0.2, 0) is 6.54 Å². The van der Waals surface area contributed by atoms with Crippen molar-refractivity contribution in [2.24, 2.45) is 10.7 Å². The quantitative estimate of drug-likeness (QED) is 0.355. The number of nitrogens with one attached hydrogen (secondary N) is 2. The van der Waals surface area contributed by atoms with Crippen LogP contribution in [0.15, 0.2) is 29.3 Å². The number of primary amides is 1. The largest absolute Gasteiger partial charge is 0.366 e. The van der Waals surface area contributed by atoms with E-state index in [1.807, 2.05) is 23.9 Å². The second-order valence-corrected chi connectivity index (χ2v) is 6.68. The molecule has 1 aromatic rings. The van der Waals surface area contributed by atoms with Crippen LogP contribution in [0.3, 0.4) is 0 Å². The first-order valence-electron chi connectivity index (χ1n) is 7.71. The molecule has 128 valence electrons. The second kappa shape index (κ2) is 10.7. The molecule has 7 heteroatoms. The molecule has 1 aromatic carbocycles. The Hall–Kier alpha value is -0.960. The molecule has 0 saturated carbocycles. The number of aliphatic imine (C=N–C) groups is 1. The first-order chi connectivity index (χ1) is 10.7. The summed E-state index contributed by atoms with van der Waals surface area (Å²) in [6, 6.07) is 7.30. The third kappa shape index (κ3) is 6.99. The number of carbonyl (C=O) groups is 1. The first kappa shape index (κ1) is 20.1. The fourth-order valence-corrected chi connectivity index (χ4v) is 3.55. The molecule has 1 atom stereocenters. The number of hydrogen-bond acceptors (Lipinski definition) is 3. The molecule has 0 aromatic heterocycles. The Morgan fingerprint density at radius 2 is 2.26 bits per heavy atom. The van der Waals surface area contributed by atoms with Crippen LogP contribution in [0.1, 0.15) is 35.7 Å². The lowest BCUT2D eigenvalue weighted by atomic mass is 10.1. The molecule has 0 spiro atoms. The number of rotatable bonds is 6. The number of guanidine groups is 1. The zero-order valence-electron chi connectivity index (χ0n) is 13.4. The molecule has 4 N–H and O–H groups in total. The van der Waals surface area contributed by atoms with E-state index < -0.39 is 5.91 Å². The number of carbonyl (C=O) groups excluding carboxylic acids is 1. The summed E-state index contributed by atoms with van der Waals surface area (Å²) in [6.45, 7) is 4.34. The van der Waals surface area contributed by atoms with E-state index in [1.54, 1.807) is 12.1 Å². The molecule has 0 aliphatic carbocycles. The second-order valence-electron chi connectivity index (χ2n) is 5.28. The minimum atomic E-state index is -0.408. The van der Waals surface area contributed by atoms with Crippen molar-refractivity contribution >= 4 is 47.6 Å². The van der Waals surface area contributed by atoms with E-state index >= 15 is 0 Å². The summed E-state index contributed by atoms with van der Waals surface area (Å²) in [6.07, 6.45) is 2.59. The van der Waals surface area contributed by atoms with Gasteiger partial charge in [0.05, 0.1) is 6.54 Å². The fourth-order valence-electron chi connectivity index (χ4n) is 2.35. The van der Waals surface area contributed by atoms with Gasteiger partial charge in [-0.25, -0.2) is 4.99 Å². The number of benzene rings is 1. The monoisotopic (exact) mass is 448 g/mol. The summed E-state index contributed by atoms with van der Waals surface area (Å²) >= 11 is 2.03. The molecular formula is C16H25IN4OS. The standard InChI is InChI=1S/C16H24N4OS.HI/c1-2-18-16(20-11-14-7-4-8-22-14)19-10-12-5-3-6-13(9-12)15(17)21;/h3,5-6,9,14H,2,4,7-8,10-11H2,1H3,(H2,17,21)(H2,18,19,20);1H. The smallest absolute Gasteiger partial charge is 0.248 e. The van der Waals surface area contributed by atoms with Gasteiger partial charge in [0.25, 0.3) is 0 Å². The molecule has 2 rings (SSSR count). The topological polar surface area (TPSA) is 79.5 Å². The van der Waals surface area contributed by atoms with Crippen molar-refractivity contribution in [1.29, 1.82) is 0 Å². The number of nitrogens with two attached hydrogens (primary N) is 1. The zero-order chi connectivity index (χ0) is 15.8. The highest BCUT2D eigenvalue weighted by Crippen LogP contribution is 2.25. The lowest BCUT2D eigenvalue weighted by Crippen LogP contribution is -2.40. The number of hydrogen-bond donors (Lipinski definition) is 3. The molecule has 23 heavy (non-hydrogen) atoms. The third-order valence-electron chi connectivity index (χ3n) is 3.50. The molecule has 1 amide bonds. The normalized spacial score (nSPS) is 17.4. The predicted octanol–water partition coefficient (Wildman–Crippen LogP) is 2.35. The van der Waals surface area contributed by atoms with Gasteiger partial charge in [-0.05, 0) is 43.2 Å². The van der Waals surface area contributed by atoms with E-state index in [2.05, 4.69) is 22.5 Å². The van der Waals surface area contributed by atoms with Crippen molar-refractivity contribution in [2.45, 2.75) is 31.6 Å². The van der Waals surface area contributed by atoms with E-state index in [0.29, 0.717) is 17.4 Å². The summed E-state index contributed by atoms with van der Waals surface area (Å²) in [5.41, 5.74) is 6.80.